The van der Waals surface area contributed by atoms with Crippen LogP contribution in [-0.4, -0.2) is 52.2 Å². The molecule has 2 aliphatic heterocycles. The zero-order valence-electron chi connectivity index (χ0n) is 16.7. The van der Waals surface area contributed by atoms with Crippen LogP contribution >= 0.6 is 0 Å². The number of nitrogens with one attached hydrogen (secondary N) is 1. The molecule has 1 amide bonds. The minimum absolute atomic E-state index is 0.114. The molecular weight excluding hydrogens is 368 g/mol. The predicted molar refractivity (Wildman–Crippen MR) is 109 cm³/mol. The summed E-state index contributed by atoms with van der Waals surface area (Å²) in [6.07, 6.45) is 0.0318. The fraction of sp³-hybridized carbons (Fsp3) is 0.391. The number of fused-ring (bicyclic) bond motifs is 2. The molecule has 0 spiro atoms. The summed E-state index contributed by atoms with van der Waals surface area (Å²) in [6.45, 7) is 5.37. The van der Waals surface area contributed by atoms with Crippen LogP contribution in [0.3, 0.4) is 0 Å². The number of hydrogen-bond acceptors (Lipinski definition) is 4. The number of benzene rings is 2. The SMILES string of the molecule is CC1(C)CN(CC(O)[C@@H]2Cc3ccccc3CN2)C(=O)c2ccc(C(=O)O)cc21. The second-order valence-corrected chi connectivity index (χ2v) is 8.66. The van der Waals surface area contributed by atoms with E-state index in [9.17, 15) is 19.8 Å². The lowest BCUT2D eigenvalue weighted by Gasteiger charge is -2.41. The van der Waals surface area contributed by atoms with E-state index >= 15 is 0 Å². The Morgan fingerprint density at radius 2 is 1.97 bits per heavy atom. The summed E-state index contributed by atoms with van der Waals surface area (Å²) in [5, 5.41) is 23.5. The van der Waals surface area contributed by atoms with E-state index in [1.54, 1.807) is 17.0 Å². The standard InChI is InChI=1S/C23H26N2O4/c1-23(2)13-25(21(27)17-8-7-15(22(28)29)9-18(17)23)12-20(26)19-10-14-5-3-4-6-16(14)11-24-19/h3-9,19-20,24,26H,10-13H2,1-2H3,(H,28,29)/t19-,20?/m0/s1. The predicted octanol–water partition coefficient (Wildman–Crippen LogP) is 2.19. The Hall–Kier alpha value is -2.70. The molecule has 1 unspecified atom stereocenters. The van der Waals surface area contributed by atoms with Crippen LogP contribution in [0.15, 0.2) is 42.5 Å². The number of carboxylic acid groups (broad SMARTS) is 1. The van der Waals surface area contributed by atoms with Crippen LogP contribution in [0.5, 0.6) is 0 Å². The van der Waals surface area contributed by atoms with Gasteiger partial charge < -0.3 is 20.4 Å². The maximum absolute atomic E-state index is 13.0. The monoisotopic (exact) mass is 394 g/mol. The highest BCUT2D eigenvalue weighted by Gasteiger charge is 2.38. The van der Waals surface area contributed by atoms with E-state index in [0.717, 1.165) is 12.0 Å². The number of hydrogen-bond donors (Lipinski definition) is 3. The molecule has 2 aromatic rings. The summed E-state index contributed by atoms with van der Waals surface area (Å²) in [5.74, 6) is -1.16. The Morgan fingerprint density at radius 1 is 1.24 bits per heavy atom. The normalized spacial score (nSPS) is 21.3. The number of aromatic carboxylic acids is 1. The molecule has 0 aliphatic carbocycles. The first-order valence-electron chi connectivity index (χ1n) is 9.91. The van der Waals surface area contributed by atoms with Crippen molar-refractivity contribution >= 4 is 11.9 Å². The van der Waals surface area contributed by atoms with Gasteiger partial charge >= 0.3 is 5.97 Å². The molecule has 4 rings (SSSR count). The second kappa shape index (κ2) is 7.28. The van der Waals surface area contributed by atoms with Gasteiger partial charge in [-0.3, -0.25) is 4.79 Å². The zero-order chi connectivity index (χ0) is 20.8. The van der Waals surface area contributed by atoms with Gasteiger partial charge in [-0.2, -0.15) is 0 Å². The molecule has 152 valence electrons. The average molecular weight is 394 g/mol. The van der Waals surface area contributed by atoms with Crippen LogP contribution in [0.25, 0.3) is 0 Å². The molecule has 6 heteroatoms. The van der Waals surface area contributed by atoms with Crippen molar-refractivity contribution in [2.75, 3.05) is 13.1 Å². The molecule has 2 aliphatic rings. The Balaban J connectivity index is 1.53. The van der Waals surface area contributed by atoms with Crippen molar-refractivity contribution in [2.24, 2.45) is 0 Å². The van der Waals surface area contributed by atoms with Gasteiger partial charge in [0.15, 0.2) is 0 Å². The van der Waals surface area contributed by atoms with Gasteiger partial charge in [-0.05, 0) is 41.3 Å². The highest BCUT2D eigenvalue weighted by atomic mass is 16.4. The quantitative estimate of drug-likeness (QED) is 0.740. The van der Waals surface area contributed by atoms with Gasteiger partial charge in [0, 0.05) is 36.7 Å². The minimum atomic E-state index is -1.00. The van der Waals surface area contributed by atoms with E-state index in [1.165, 1.54) is 17.2 Å². The van der Waals surface area contributed by atoms with Crippen molar-refractivity contribution < 1.29 is 19.8 Å². The third-order valence-electron chi connectivity index (χ3n) is 6.08. The number of aliphatic hydroxyl groups excluding tert-OH is 1. The van der Waals surface area contributed by atoms with E-state index in [-0.39, 0.29) is 24.1 Å². The summed E-state index contributed by atoms with van der Waals surface area (Å²) in [7, 11) is 0. The first-order valence-corrected chi connectivity index (χ1v) is 9.91. The van der Waals surface area contributed by atoms with Crippen molar-refractivity contribution in [3.8, 4) is 0 Å². The highest BCUT2D eigenvalue weighted by Crippen LogP contribution is 2.34. The number of nitrogens with zero attached hydrogens (tertiary/aromatic N) is 1. The molecule has 0 aromatic heterocycles. The minimum Gasteiger partial charge on any atom is -0.478 e. The van der Waals surface area contributed by atoms with Crippen molar-refractivity contribution in [1.82, 2.24) is 10.2 Å². The summed E-state index contributed by atoms with van der Waals surface area (Å²) in [6, 6.07) is 12.7. The largest absolute Gasteiger partial charge is 0.478 e. The number of carboxylic acids is 1. The second-order valence-electron chi connectivity index (χ2n) is 8.66. The Kier molecular flexibility index (Phi) is 4.92. The van der Waals surface area contributed by atoms with Gasteiger partial charge in [0.05, 0.1) is 11.7 Å². The topological polar surface area (TPSA) is 89.9 Å². The van der Waals surface area contributed by atoms with Gasteiger partial charge in [0.25, 0.3) is 5.91 Å². The third-order valence-corrected chi connectivity index (χ3v) is 6.08. The van der Waals surface area contributed by atoms with Crippen molar-refractivity contribution in [3.63, 3.8) is 0 Å². The lowest BCUT2D eigenvalue weighted by molar-refractivity contribution is 0.0444. The molecular formula is C23H26N2O4. The van der Waals surface area contributed by atoms with Crippen LogP contribution in [-0.2, 0) is 18.4 Å². The lowest BCUT2D eigenvalue weighted by atomic mass is 9.77. The molecule has 0 saturated heterocycles. The van der Waals surface area contributed by atoms with Crippen molar-refractivity contribution in [3.05, 3.63) is 70.3 Å². The van der Waals surface area contributed by atoms with Gasteiger partial charge in [-0.25, -0.2) is 4.79 Å². The van der Waals surface area contributed by atoms with E-state index < -0.39 is 17.5 Å². The molecule has 2 heterocycles. The van der Waals surface area contributed by atoms with E-state index in [0.29, 0.717) is 18.7 Å². The number of amides is 1. The Morgan fingerprint density at radius 3 is 2.69 bits per heavy atom. The van der Waals surface area contributed by atoms with Gasteiger partial charge in [-0.15, -0.1) is 0 Å². The maximum atomic E-state index is 13.0. The third kappa shape index (κ3) is 3.66. The summed E-state index contributed by atoms with van der Waals surface area (Å²) in [5.41, 5.74) is 3.52. The fourth-order valence-electron chi connectivity index (χ4n) is 4.48. The molecule has 6 nitrogen and oxygen atoms in total. The van der Waals surface area contributed by atoms with Crippen LogP contribution in [0.4, 0.5) is 0 Å². The number of carbonyl (C=O) groups is 2. The molecule has 29 heavy (non-hydrogen) atoms. The first kappa shape index (κ1) is 19.6. The molecule has 2 atom stereocenters. The molecule has 0 radical (unpaired) electrons. The summed E-state index contributed by atoms with van der Waals surface area (Å²) in [4.78, 5) is 26.1. The fourth-order valence-corrected chi connectivity index (χ4v) is 4.48. The molecule has 0 fully saturated rings. The molecule has 3 N–H and O–H groups in total. The number of β-amino-alcohol motifs (C(OH)–C–C–N with tert-alkyl or cyclic N) is 1. The average Bonchev–Trinajstić information content (AvgIpc) is 2.70. The van der Waals surface area contributed by atoms with Crippen LogP contribution in [0.1, 0.15) is 51.3 Å². The molecule has 0 bridgehead atoms. The summed E-state index contributed by atoms with van der Waals surface area (Å²) < 4.78 is 0. The number of rotatable bonds is 4. The van der Waals surface area contributed by atoms with Gasteiger partial charge in [0.2, 0.25) is 0 Å². The van der Waals surface area contributed by atoms with E-state index in [4.69, 9.17) is 0 Å². The van der Waals surface area contributed by atoms with Crippen LogP contribution < -0.4 is 5.32 Å². The molecule has 0 saturated carbocycles. The van der Waals surface area contributed by atoms with Crippen molar-refractivity contribution in [2.45, 2.75) is 44.4 Å². The Bertz CT molecular complexity index is 969. The van der Waals surface area contributed by atoms with E-state index in [2.05, 4.69) is 17.4 Å². The van der Waals surface area contributed by atoms with Crippen molar-refractivity contribution in [1.29, 1.82) is 0 Å². The van der Waals surface area contributed by atoms with E-state index in [1.807, 2.05) is 26.0 Å². The summed E-state index contributed by atoms with van der Waals surface area (Å²) >= 11 is 0. The van der Waals surface area contributed by atoms with Crippen LogP contribution in [0, 0.1) is 0 Å². The zero-order valence-corrected chi connectivity index (χ0v) is 16.7. The number of aliphatic hydroxyl groups is 1. The number of carbonyl (C=O) groups excluding carboxylic acids is 1. The molecule has 2 aromatic carbocycles. The maximum Gasteiger partial charge on any atom is 0.335 e. The van der Waals surface area contributed by atoms with Crippen LogP contribution in [0.2, 0.25) is 0 Å². The lowest BCUT2D eigenvalue weighted by Crippen LogP contribution is -2.54. The van der Waals surface area contributed by atoms with Gasteiger partial charge in [0.1, 0.15) is 0 Å². The Labute approximate surface area is 170 Å². The highest BCUT2D eigenvalue weighted by molar-refractivity contribution is 5.99. The van der Waals surface area contributed by atoms with Gasteiger partial charge in [-0.1, -0.05) is 38.1 Å². The first-order chi connectivity index (χ1) is 13.8. The smallest absolute Gasteiger partial charge is 0.335 e.